The maximum Gasteiger partial charge on any atom is 0.0708 e. The molecule has 2 heteroatoms. The lowest BCUT2D eigenvalue weighted by Crippen LogP contribution is -1.81. The number of thioether (sulfide) groups is 1. The molecule has 69 valence electrons. The Labute approximate surface area is 88.2 Å². The first-order valence-corrected chi connectivity index (χ1v) is 5.59. The lowest BCUT2D eigenvalue weighted by molar-refractivity contribution is 1.31. The lowest BCUT2D eigenvalue weighted by Gasteiger charge is -2.00. The Kier molecular flexibility index (Phi) is 2.84. The molecule has 1 heterocycles. The number of hydrogen-bond donors (Lipinski definition) is 0. The van der Waals surface area contributed by atoms with Crippen LogP contribution in [0.15, 0.2) is 47.5 Å². The van der Waals surface area contributed by atoms with E-state index < -0.39 is 0 Å². The van der Waals surface area contributed by atoms with Crippen molar-refractivity contribution >= 4 is 11.8 Å². The van der Waals surface area contributed by atoms with Gasteiger partial charge in [0.05, 0.1) is 5.69 Å². The maximum atomic E-state index is 4.27. The van der Waals surface area contributed by atoms with E-state index in [0.717, 1.165) is 11.3 Å². The summed E-state index contributed by atoms with van der Waals surface area (Å²) >= 11 is 1.74. The molecule has 2 rings (SSSR count). The zero-order valence-electron chi connectivity index (χ0n) is 7.90. The van der Waals surface area contributed by atoms with Gasteiger partial charge in [-0.2, -0.15) is 0 Å². The normalized spacial score (nSPS) is 10.1. The van der Waals surface area contributed by atoms with Crippen molar-refractivity contribution in [3.8, 4) is 11.3 Å². The van der Waals surface area contributed by atoms with Crippen molar-refractivity contribution in [2.24, 2.45) is 0 Å². The van der Waals surface area contributed by atoms with Gasteiger partial charge in [0.15, 0.2) is 0 Å². The third kappa shape index (κ3) is 1.96. The highest BCUT2D eigenvalue weighted by atomic mass is 32.2. The Morgan fingerprint density at radius 3 is 2.57 bits per heavy atom. The molecule has 0 saturated heterocycles. The number of hydrogen-bond acceptors (Lipinski definition) is 2. The second-order valence-corrected chi connectivity index (χ2v) is 3.75. The van der Waals surface area contributed by atoms with Crippen molar-refractivity contribution in [3.63, 3.8) is 0 Å². The van der Waals surface area contributed by atoms with Crippen LogP contribution in [0, 0.1) is 6.07 Å². The molecule has 14 heavy (non-hydrogen) atoms. The van der Waals surface area contributed by atoms with Gasteiger partial charge >= 0.3 is 0 Å². The molecule has 0 fully saturated rings. The summed E-state index contributed by atoms with van der Waals surface area (Å²) < 4.78 is 0. The Balaban J connectivity index is 2.34. The zero-order valence-corrected chi connectivity index (χ0v) is 8.71. The SMILES string of the molecule is CSc1ccc(-c2c[c]ccn2)cc1. The van der Waals surface area contributed by atoms with Crippen LogP contribution < -0.4 is 0 Å². The van der Waals surface area contributed by atoms with Crippen LogP contribution in [0.25, 0.3) is 11.3 Å². The number of nitrogens with zero attached hydrogens (tertiary/aromatic N) is 1. The molecule has 1 aromatic heterocycles. The second-order valence-electron chi connectivity index (χ2n) is 2.87. The van der Waals surface area contributed by atoms with Gasteiger partial charge < -0.3 is 0 Å². The Morgan fingerprint density at radius 1 is 1.21 bits per heavy atom. The fourth-order valence-electron chi connectivity index (χ4n) is 1.24. The molecule has 1 radical (unpaired) electrons. The summed E-state index contributed by atoms with van der Waals surface area (Å²) in [5, 5.41) is 0. The third-order valence-corrected chi connectivity index (χ3v) is 2.73. The fraction of sp³-hybridized carbons (Fsp3) is 0.0833. The van der Waals surface area contributed by atoms with Crippen molar-refractivity contribution in [1.82, 2.24) is 4.98 Å². The van der Waals surface area contributed by atoms with Gasteiger partial charge in [-0.25, -0.2) is 0 Å². The minimum atomic E-state index is 0.972. The molecule has 0 spiro atoms. The minimum Gasteiger partial charge on any atom is -0.256 e. The molecule has 1 nitrogen and oxygen atoms in total. The van der Waals surface area contributed by atoms with Crippen LogP contribution in [-0.4, -0.2) is 11.2 Å². The summed E-state index contributed by atoms with van der Waals surface area (Å²) in [5.41, 5.74) is 2.11. The van der Waals surface area contributed by atoms with Gasteiger partial charge in [0.2, 0.25) is 0 Å². The average Bonchev–Trinajstić information content (AvgIpc) is 2.30. The predicted octanol–water partition coefficient (Wildman–Crippen LogP) is 3.27. The molecule has 0 aliphatic heterocycles. The number of aromatic nitrogens is 1. The molecule has 0 saturated carbocycles. The van der Waals surface area contributed by atoms with Gasteiger partial charge in [0.25, 0.3) is 0 Å². The van der Waals surface area contributed by atoms with Crippen molar-refractivity contribution in [2.75, 3.05) is 6.26 Å². The lowest BCUT2D eigenvalue weighted by atomic mass is 10.1. The highest BCUT2D eigenvalue weighted by Crippen LogP contribution is 2.20. The van der Waals surface area contributed by atoms with Crippen LogP contribution in [0.1, 0.15) is 0 Å². The molecule has 0 atom stereocenters. The van der Waals surface area contributed by atoms with E-state index in [9.17, 15) is 0 Å². The van der Waals surface area contributed by atoms with Gasteiger partial charge in [-0.15, -0.1) is 11.8 Å². The van der Waals surface area contributed by atoms with E-state index in [-0.39, 0.29) is 0 Å². The summed E-state index contributed by atoms with van der Waals surface area (Å²) in [6, 6.07) is 15.1. The highest BCUT2D eigenvalue weighted by Gasteiger charge is 1.97. The first kappa shape index (κ1) is 9.28. The summed E-state index contributed by atoms with van der Waals surface area (Å²) in [5.74, 6) is 0. The van der Waals surface area contributed by atoms with E-state index >= 15 is 0 Å². The van der Waals surface area contributed by atoms with Gasteiger partial charge in [-0.1, -0.05) is 12.1 Å². The van der Waals surface area contributed by atoms with E-state index in [1.165, 1.54) is 4.90 Å². The van der Waals surface area contributed by atoms with Crippen molar-refractivity contribution in [3.05, 3.63) is 48.7 Å². The van der Waals surface area contributed by atoms with Crippen LogP contribution >= 0.6 is 11.8 Å². The van der Waals surface area contributed by atoms with E-state index in [1.807, 2.05) is 6.07 Å². The first-order valence-electron chi connectivity index (χ1n) is 4.36. The molecular formula is C12H10NS. The molecule has 0 N–H and O–H groups in total. The van der Waals surface area contributed by atoms with E-state index in [2.05, 4.69) is 41.6 Å². The molecule has 2 aromatic rings. The van der Waals surface area contributed by atoms with Crippen LogP contribution in [0.2, 0.25) is 0 Å². The molecule has 0 bridgehead atoms. The summed E-state index contributed by atoms with van der Waals surface area (Å²) in [7, 11) is 0. The van der Waals surface area contributed by atoms with E-state index in [0.29, 0.717) is 0 Å². The van der Waals surface area contributed by atoms with Gasteiger partial charge in [0, 0.05) is 16.7 Å². The summed E-state index contributed by atoms with van der Waals surface area (Å²) in [6.07, 6.45) is 3.83. The quantitative estimate of drug-likeness (QED) is 0.690. The fourth-order valence-corrected chi connectivity index (χ4v) is 1.65. The van der Waals surface area contributed by atoms with Gasteiger partial charge in [-0.05, 0) is 36.6 Å². The Bertz CT molecular complexity index is 394. The minimum absolute atomic E-state index is 0.972. The second kappa shape index (κ2) is 4.29. The molecule has 1 aromatic carbocycles. The van der Waals surface area contributed by atoms with Crippen molar-refractivity contribution in [2.45, 2.75) is 4.90 Å². The monoisotopic (exact) mass is 200 g/mol. The number of rotatable bonds is 2. The van der Waals surface area contributed by atoms with Gasteiger partial charge in [-0.3, -0.25) is 4.98 Å². The van der Waals surface area contributed by atoms with E-state index in [1.54, 1.807) is 24.0 Å². The highest BCUT2D eigenvalue weighted by molar-refractivity contribution is 7.98. The molecule has 0 aliphatic rings. The molecule has 0 unspecified atom stereocenters. The molecular weight excluding hydrogens is 190 g/mol. The Hall–Kier alpha value is -1.28. The topological polar surface area (TPSA) is 12.9 Å². The Morgan fingerprint density at radius 2 is 2.00 bits per heavy atom. The average molecular weight is 200 g/mol. The van der Waals surface area contributed by atoms with Crippen molar-refractivity contribution < 1.29 is 0 Å². The summed E-state index contributed by atoms with van der Waals surface area (Å²) in [6.45, 7) is 0. The van der Waals surface area contributed by atoms with Crippen LogP contribution in [0.5, 0.6) is 0 Å². The van der Waals surface area contributed by atoms with E-state index in [4.69, 9.17) is 0 Å². The molecule has 0 amide bonds. The maximum absolute atomic E-state index is 4.27. The molecule has 0 aliphatic carbocycles. The third-order valence-electron chi connectivity index (χ3n) is 1.99. The van der Waals surface area contributed by atoms with Crippen LogP contribution in [0.3, 0.4) is 0 Å². The van der Waals surface area contributed by atoms with Crippen LogP contribution in [0.4, 0.5) is 0 Å². The number of pyridine rings is 1. The smallest absolute Gasteiger partial charge is 0.0708 e. The summed E-state index contributed by atoms with van der Waals surface area (Å²) in [4.78, 5) is 5.54. The van der Waals surface area contributed by atoms with Crippen molar-refractivity contribution in [1.29, 1.82) is 0 Å². The van der Waals surface area contributed by atoms with Crippen LogP contribution in [-0.2, 0) is 0 Å². The largest absolute Gasteiger partial charge is 0.256 e. The first-order chi connectivity index (χ1) is 6.90. The predicted molar refractivity (Wildman–Crippen MR) is 60.3 cm³/mol. The van der Waals surface area contributed by atoms with Gasteiger partial charge in [0.1, 0.15) is 0 Å². The number of benzene rings is 1. The standard InChI is InChI=1S/C12H10NS/c1-14-11-7-5-10(6-8-11)12-4-2-3-9-13-12/h3-9H,1H3. The zero-order chi connectivity index (χ0) is 9.80.